The van der Waals surface area contributed by atoms with Gasteiger partial charge in [0.25, 0.3) is 10.0 Å². The highest BCUT2D eigenvalue weighted by atomic mass is 79.9. The van der Waals surface area contributed by atoms with Gasteiger partial charge >= 0.3 is 0 Å². The van der Waals surface area contributed by atoms with Gasteiger partial charge in [-0.1, -0.05) is 23.7 Å². The third-order valence-corrected chi connectivity index (χ3v) is 5.51. The molecule has 106 valence electrons. The minimum Gasteiger partial charge on any atom is -0.398 e. The van der Waals surface area contributed by atoms with Crippen LogP contribution in [0.15, 0.2) is 45.8 Å². The molecular weight excluding hydrogens is 364 g/mol. The SMILES string of the molecule is Cc1cccc(N)c1S(=O)(=O)Nc1ccc(Br)c(Cl)c1. The highest BCUT2D eigenvalue weighted by Crippen LogP contribution is 2.29. The van der Waals surface area contributed by atoms with E-state index in [0.29, 0.717) is 20.7 Å². The quantitative estimate of drug-likeness (QED) is 0.802. The van der Waals surface area contributed by atoms with E-state index >= 15 is 0 Å². The number of sulfonamides is 1. The van der Waals surface area contributed by atoms with Gasteiger partial charge in [-0.25, -0.2) is 8.42 Å². The molecule has 7 heteroatoms. The molecule has 0 fully saturated rings. The molecule has 2 aromatic rings. The first kappa shape index (κ1) is 15.2. The van der Waals surface area contributed by atoms with Crippen LogP contribution in [-0.2, 0) is 10.0 Å². The van der Waals surface area contributed by atoms with Crippen molar-refractivity contribution in [2.45, 2.75) is 11.8 Å². The van der Waals surface area contributed by atoms with Crippen LogP contribution in [0, 0.1) is 6.92 Å². The second-order valence-electron chi connectivity index (χ2n) is 4.23. The van der Waals surface area contributed by atoms with Gasteiger partial charge in [-0.05, 0) is 52.7 Å². The lowest BCUT2D eigenvalue weighted by Crippen LogP contribution is -2.16. The van der Waals surface area contributed by atoms with E-state index in [0.717, 1.165) is 0 Å². The minimum absolute atomic E-state index is 0.0824. The number of nitrogen functional groups attached to an aromatic ring is 1. The van der Waals surface area contributed by atoms with Crippen molar-refractivity contribution in [3.8, 4) is 0 Å². The molecule has 0 amide bonds. The lowest BCUT2D eigenvalue weighted by atomic mass is 10.2. The van der Waals surface area contributed by atoms with Gasteiger partial charge in [0.05, 0.1) is 16.4 Å². The number of anilines is 2. The molecule has 0 heterocycles. The maximum Gasteiger partial charge on any atom is 0.264 e. The number of rotatable bonds is 3. The Kier molecular flexibility index (Phi) is 4.27. The Bertz CT molecular complexity index is 743. The van der Waals surface area contributed by atoms with Gasteiger partial charge in [-0.2, -0.15) is 0 Å². The Labute approximate surface area is 131 Å². The fourth-order valence-corrected chi connectivity index (χ4v) is 3.64. The summed E-state index contributed by atoms with van der Waals surface area (Å²) in [5.74, 6) is 0. The summed E-state index contributed by atoms with van der Waals surface area (Å²) in [7, 11) is -3.75. The van der Waals surface area contributed by atoms with Crippen molar-refractivity contribution in [1.82, 2.24) is 0 Å². The molecule has 20 heavy (non-hydrogen) atoms. The van der Waals surface area contributed by atoms with Gasteiger partial charge in [-0.15, -0.1) is 0 Å². The normalized spacial score (nSPS) is 11.3. The average molecular weight is 376 g/mol. The predicted octanol–water partition coefficient (Wildman–Crippen LogP) is 3.79. The summed E-state index contributed by atoms with van der Waals surface area (Å²) in [6, 6.07) is 9.76. The molecule has 0 radical (unpaired) electrons. The second-order valence-corrected chi connectivity index (χ2v) is 7.11. The van der Waals surface area contributed by atoms with E-state index in [9.17, 15) is 8.42 Å². The Balaban J connectivity index is 2.43. The molecular formula is C13H12BrClN2O2S. The predicted molar refractivity (Wildman–Crippen MR) is 85.6 cm³/mol. The summed E-state index contributed by atoms with van der Waals surface area (Å²) >= 11 is 9.19. The molecule has 2 aromatic carbocycles. The van der Waals surface area contributed by atoms with Crippen molar-refractivity contribution in [2.24, 2.45) is 0 Å². The van der Waals surface area contributed by atoms with E-state index in [1.807, 2.05) is 0 Å². The van der Waals surface area contributed by atoms with Gasteiger partial charge < -0.3 is 5.73 Å². The summed E-state index contributed by atoms with van der Waals surface area (Å²) in [6.07, 6.45) is 0. The number of benzene rings is 2. The lowest BCUT2D eigenvalue weighted by Gasteiger charge is -2.13. The average Bonchev–Trinajstić information content (AvgIpc) is 2.33. The molecule has 0 atom stereocenters. The maximum atomic E-state index is 12.4. The zero-order valence-corrected chi connectivity index (χ0v) is 13.7. The van der Waals surface area contributed by atoms with Crippen molar-refractivity contribution in [2.75, 3.05) is 10.5 Å². The van der Waals surface area contributed by atoms with Gasteiger partial charge in [0.1, 0.15) is 4.90 Å². The summed E-state index contributed by atoms with van der Waals surface area (Å²) in [5.41, 5.74) is 6.93. The minimum atomic E-state index is -3.75. The topological polar surface area (TPSA) is 72.2 Å². The van der Waals surface area contributed by atoms with Crippen LogP contribution in [-0.4, -0.2) is 8.42 Å². The second kappa shape index (κ2) is 5.63. The third kappa shape index (κ3) is 3.08. The Hall–Kier alpha value is -1.24. The van der Waals surface area contributed by atoms with E-state index in [1.165, 1.54) is 6.07 Å². The van der Waals surface area contributed by atoms with Crippen LogP contribution >= 0.6 is 27.5 Å². The molecule has 0 bridgehead atoms. The van der Waals surface area contributed by atoms with Gasteiger partial charge in [0.15, 0.2) is 0 Å². The number of nitrogens with one attached hydrogen (secondary N) is 1. The van der Waals surface area contributed by atoms with Crippen molar-refractivity contribution in [3.63, 3.8) is 0 Å². The highest BCUT2D eigenvalue weighted by Gasteiger charge is 2.20. The fourth-order valence-electron chi connectivity index (χ4n) is 1.81. The van der Waals surface area contributed by atoms with Crippen LogP contribution in [0.25, 0.3) is 0 Å². The van der Waals surface area contributed by atoms with E-state index in [1.54, 1.807) is 37.3 Å². The lowest BCUT2D eigenvalue weighted by molar-refractivity contribution is 0.601. The number of hydrogen-bond donors (Lipinski definition) is 2. The smallest absolute Gasteiger partial charge is 0.264 e. The monoisotopic (exact) mass is 374 g/mol. The van der Waals surface area contributed by atoms with E-state index < -0.39 is 10.0 Å². The summed E-state index contributed by atoms with van der Waals surface area (Å²) in [5, 5.41) is 0.419. The highest BCUT2D eigenvalue weighted by molar-refractivity contribution is 9.10. The first-order chi connectivity index (χ1) is 9.31. The van der Waals surface area contributed by atoms with E-state index in [2.05, 4.69) is 20.7 Å². The Morgan fingerprint density at radius 3 is 2.55 bits per heavy atom. The molecule has 0 aliphatic heterocycles. The molecule has 0 saturated heterocycles. The fraction of sp³-hybridized carbons (Fsp3) is 0.0769. The molecule has 0 aliphatic carbocycles. The van der Waals surface area contributed by atoms with Crippen molar-refractivity contribution in [1.29, 1.82) is 0 Å². The standard InChI is InChI=1S/C13H12BrClN2O2S/c1-8-3-2-4-12(16)13(8)20(18,19)17-9-5-6-10(14)11(15)7-9/h2-7,17H,16H2,1H3. The van der Waals surface area contributed by atoms with Crippen molar-refractivity contribution in [3.05, 3.63) is 51.5 Å². The molecule has 0 unspecified atom stereocenters. The number of aryl methyl sites for hydroxylation is 1. The first-order valence-electron chi connectivity index (χ1n) is 5.64. The van der Waals surface area contributed by atoms with Crippen LogP contribution in [0.2, 0.25) is 5.02 Å². The van der Waals surface area contributed by atoms with Crippen LogP contribution in [0.3, 0.4) is 0 Å². The molecule has 0 saturated carbocycles. The van der Waals surface area contributed by atoms with E-state index in [4.69, 9.17) is 17.3 Å². The Morgan fingerprint density at radius 1 is 1.25 bits per heavy atom. The summed E-state index contributed by atoms with van der Waals surface area (Å²) in [4.78, 5) is 0.0824. The van der Waals surface area contributed by atoms with Crippen molar-refractivity contribution >= 4 is 48.9 Å². The molecule has 3 N–H and O–H groups in total. The largest absolute Gasteiger partial charge is 0.398 e. The van der Waals surface area contributed by atoms with Crippen molar-refractivity contribution < 1.29 is 8.42 Å². The summed E-state index contributed by atoms with van der Waals surface area (Å²) < 4.78 is 28.0. The van der Waals surface area contributed by atoms with Crippen LogP contribution in [0.1, 0.15) is 5.56 Å². The van der Waals surface area contributed by atoms with Gasteiger partial charge in [0, 0.05) is 4.47 Å². The van der Waals surface area contributed by atoms with Gasteiger partial charge in [0.2, 0.25) is 0 Å². The van der Waals surface area contributed by atoms with Crippen LogP contribution in [0.5, 0.6) is 0 Å². The summed E-state index contributed by atoms with van der Waals surface area (Å²) in [6.45, 7) is 1.69. The number of halogens is 2. The van der Waals surface area contributed by atoms with E-state index in [-0.39, 0.29) is 10.6 Å². The molecule has 2 rings (SSSR count). The zero-order chi connectivity index (χ0) is 14.9. The zero-order valence-electron chi connectivity index (χ0n) is 10.5. The third-order valence-electron chi connectivity index (χ3n) is 2.68. The molecule has 0 aliphatic rings. The first-order valence-corrected chi connectivity index (χ1v) is 8.29. The molecule has 0 aromatic heterocycles. The van der Waals surface area contributed by atoms with Gasteiger partial charge in [-0.3, -0.25) is 4.72 Å². The van der Waals surface area contributed by atoms with Crippen LogP contribution < -0.4 is 10.5 Å². The molecule has 4 nitrogen and oxygen atoms in total. The van der Waals surface area contributed by atoms with Crippen LogP contribution in [0.4, 0.5) is 11.4 Å². The Morgan fingerprint density at radius 2 is 1.95 bits per heavy atom. The number of nitrogens with two attached hydrogens (primary N) is 1. The maximum absolute atomic E-state index is 12.4. The number of hydrogen-bond acceptors (Lipinski definition) is 3. The molecule has 0 spiro atoms.